The van der Waals surface area contributed by atoms with Gasteiger partial charge in [-0.1, -0.05) is 11.6 Å². The Bertz CT molecular complexity index is 1080. The molecule has 0 saturated carbocycles. The molecule has 1 aromatic carbocycles. The van der Waals surface area contributed by atoms with E-state index in [-0.39, 0.29) is 6.04 Å². The molecule has 4 aromatic rings. The molecular weight excluding hydrogens is 362 g/mol. The summed E-state index contributed by atoms with van der Waals surface area (Å²) in [5.41, 5.74) is 8.29. The molecule has 3 aromatic heterocycles. The molecule has 4 rings (SSSR count). The van der Waals surface area contributed by atoms with Crippen LogP contribution in [-0.4, -0.2) is 19.5 Å². The molecular formula is C19H19ClN7+. The van der Waals surface area contributed by atoms with Crippen LogP contribution in [0.2, 0.25) is 5.02 Å². The van der Waals surface area contributed by atoms with Gasteiger partial charge in [-0.25, -0.2) is 24.9 Å². The number of imidazole rings is 1. The van der Waals surface area contributed by atoms with E-state index in [4.69, 9.17) is 11.6 Å². The van der Waals surface area contributed by atoms with E-state index in [2.05, 4.69) is 38.8 Å². The molecule has 0 amide bonds. The molecule has 1 atom stereocenters. The van der Waals surface area contributed by atoms with Crippen LogP contribution in [0.15, 0.2) is 61.6 Å². The Labute approximate surface area is 161 Å². The van der Waals surface area contributed by atoms with E-state index < -0.39 is 0 Å². The van der Waals surface area contributed by atoms with Crippen molar-refractivity contribution in [3.63, 3.8) is 0 Å². The Kier molecular flexibility index (Phi) is 4.70. The Morgan fingerprint density at radius 3 is 2.78 bits per heavy atom. The predicted octanol–water partition coefficient (Wildman–Crippen LogP) is 2.97. The number of hydrogen-bond acceptors (Lipinski definition) is 5. The van der Waals surface area contributed by atoms with Crippen LogP contribution in [-0.2, 0) is 7.05 Å². The van der Waals surface area contributed by atoms with E-state index in [0.717, 1.165) is 22.3 Å². The summed E-state index contributed by atoms with van der Waals surface area (Å²) in [4.78, 5) is 13.1. The third-order valence-electron chi connectivity index (χ3n) is 4.31. The minimum absolute atomic E-state index is 0.0321. The first-order chi connectivity index (χ1) is 13.1. The second kappa shape index (κ2) is 7.30. The summed E-state index contributed by atoms with van der Waals surface area (Å²) in [6, 6.07) is 9.63. The van der Waals surface area contributed by atoms with Gasteiger partial charge in [-0.05, 0) is 36.8 Å². The summed E-state index contributed by atoms with van der Waals surface area (Å²) in [7, 11) is 1.98. The number of aromatic nitrogens is 5. The van der Waals surface area contributed by atoms with Crippen molar-refractivity contribution in [2.24, 2.45) is 7.05 Å². The van der Waals surface area contributed by atoms with Crippen molar-refractivity contribution < 1.29 is 4.57 Å². The molecule has 0 aliphatic carbocycles. The van der Waals surface area contributed by atoms with Crippen molar-refractivity contribution in [2.75, 3.05) is 5.43 Å². The van der Waals surface area contributed by atoms with Crippen molar-refractivity contribution in [2.45, 2.75) is 13.0 Å². The largest absolute Gasteiger partial charge is 0.305 e. The van der Waals surface area contributed by atoms with Gasteiger partial charge in [-0.3, -0.25) is 0 Å². The van der Waals surface area contributed by atoms with E-state index >= 15 is 0 Å². The van der Waals surface area contributed by atoms with Gasteiger partial charge in [0.2, 0.25) is 12.1 Å². The van der Waals surface area contributed by atoms with Crippen molar-refractivity contribution in [3.8, 4) is 5.82 Å². The molecule has 0 radical (unpaired) electrons. The Hall–Kier alpha value is -3.03. The monoisotopic (exact) mass is 380 g/mol. The fourth-order valence-corrected chi connectivity index (χ4v) is 2.95. The number of aryl methyl sites for hydroxylation is 1. The molecule has 0 aliphatic rings. The van der Waals surface area contributed by atoms with E-state index in [0.29, 0.717) is 10.8 Å². The van der Waals surface area contributed by atoms with E-state index in [1.54, 1.807) is 0 Å². The highest BCUT2D eigenvalue weighted by atomic mass is 35.5. The molecule has 136 valence electrons. The zero-order valence-electron chi connectivity index (χ0n) is 15.0. The number of nitrogens with one attached hydrogen (secondary N) is 2. The average molecular weight is 381 g/mol. The number of nitrogens with zero attached hydrogens (tertiary/aromatic N) is 5. The van der Waals surface area contributed by atoms with E-state index in [1.165, 1.54) is 6.33 Å². The van der Waals surface area contributed by atoms with Gasteiger partial charge < -0.3 is 5.43 Å². The summed E-state index contributed by atoms with van der Waals surface area (Å²) in [6.45, 7) is 2.06. The minimum Gasteiger partial charge on any atom is -0.305 e. The number of anilines is 1. The highest BCUT2D eigenvalue weighted by Crippen LogP contribution is 2.22. The lowest BCUT2D eigenvalue weighted by Gasteiger charge is -2.16. The Morgan fingerprint density at radius 1 is 1.15 bits per heavy atom. The third kappa shape index (κ3) is 3.74. The fraction of sp³-hybridized carbons (Fsp3) is 0.158. The molecule has 27 heavy (non-hydrogen) atoms. The van der Waals surface area contributed by atoms with Gasteiger partial charge in [0.1, 0.15) is 18.7 Å². The molecule has 1 unspecified atom stereocenters. The zero-order chi connectivity index (χ0) is 18.8. The lowest BCUT2D eigenvalue weighted by atomic mass is 10.1. The molecule has 0 bridgehead atoms. The number of halogens is 1. The van der Waals surface area contributed by atoms with Crippen LogP contribution in [0.4, 0.5) is 5.82 Å². The first kappa shape index (κ1) is 17.4. The first-order valence-electron chi connectivity index (χ1n) is 8.51. The number of hydrazine groups is 1. The average Bonchev–Trinajstić information content (AvgIpc) is 3.12. The standard InChI is InChI=1S/C19H19ClN7/c1-13(14-3-6-18(21-10-14)27-8-7-26(2)12-27)24-25-19-16-5-4-15(20)9-17(16)22-11-23-19/h3-13,24H,1-2H3,(H,22,23,25)/q+1. The molecule has 7 nitrogen and oxygen atoms in total. The van der Waals surface area contributed by atoms with Crippen LogP contribution in [0.5, 0.6) is 0 Å². The van der Waals surface area contributed by atoms with Crippen LogP contribution >= 0.6 is 11.6 Å². The molecule has 2 N–H and O–H groups in total. The number of rotatable bonds is 5. The SMILES string of the molecule is CC(NNc1ncnc2cc(Cl)ccc12)c1ccc(-n2cc[n+](C)c2)nc1. The van der Waals surface area contributed by atoms with Crippen molar-refractivity contribution >= 4 is 28.3 Å². The van der Waals surface area contributed by atoms with Gasteiger partial charge in [0.15, 0.2) is 5.82 Å². The molecule has 0 aliphatic heterocycles. The maximum absolute atomic E-state index is 6.03. The molecule has 3 heterocycles. The number of fused-ring (bicyclic) bond motifs is 1. The Morgan fingerprint density at radius 2 is 2.04 bits per heavy atom. The summed E-state index contributed by atoms with van der Waals surface area (Å²) in [5, 5.41) is 1.55. The fourth-order valence-electron chi connectivity index (χ4n) is 2.78. The normalized spacial score (nSPS) is 12.3. The van der Waals surface area contributed by atoms with Crippen LogP contribution < -0.4 is 15.4 Å². The van der Waals surface area contributed by atoms with Crippen LogP contribution in [0, 0.1) is 0 Å². The van der Waals surface area contributed by atoms with Crippen molar-refractivity contribution in [3.05, 3.63) is 72.2 Å². The lowest BCUT2D eigenvalue weighted by Crippen LogP contribution is -2.26. The number of benzene rings is 1. The molecule has 8 heteroatoms. The molecule has 0 saturated heterocycles. The van der Waals surface area contributed by atoms with Gasteiger partial charge >= 0.3 is 0 Å². The smallest absolute Gasteiger partial charge is 0.250 e. The number of hydrogen-bond donors (Lipinski definition) is 2. The van der Waals surface area contributed by atoms with E-state index in [1.807, 2.05) is 65.4 Å². The van der Waals surface area contributed by atoms with Crippen molar-refractivity contribution in [1.82, 2.24) is 24.9 Å². The van der Waals surface area contributed by atoms with E-state index in [9.17, 15) is 0 Å². The highest BCUT2D eigenvalue weighted by molar-refractivity contribution is 6.31. The minimum atomic E-state index is 0.0321. The van der Waals surface area contributed by atoms with Gasteiger partial charge in [0.05, 0.1) is 12.6 Å². The molecule has 0 fully saturated rings. The highest BCUT2D eigenvalue weighted by Gasteiger charge is 2.10. The molecule has 0 spiro atoms. The van der Waals surface area contributed by atoms with Crippen molar-refractivity contribution in [1.29, 1.82) is 0 Å². The second-order valence-corrected chi connectivity index (χ2v) is 6.75. The second-order valence-electron chi connectivity index (χ2n) is 6.31. The topological polar surface area (TPSA) is 71.5 Å². The van der Waals surface area contributed by atoms with Crippen LogP contribution in [0.3, 0.4) is 0 Å². The summed E-state index contributed by atoms with van der Waals surface area (Å²) in [6.07, 6.45) is 9.30. The Balaban J connectivity index is 1.47. The summed E-state index contributed by atoms with van der Waals surface area (Å²) >= 11 is 6.03. The van der Waals surface area contributed by atoms with Crippen LogP contribution in [0.25, 0.3) is 16.7 Å². The van der Waals surface area contributed by atoms with Gasteiger partial charge in [0, 0.05) is 28.7 Å². The quantitative estimate of drug-likeness (QED) is 0.411. The van der Waals surface area contributed by atoms with Gasteiger partial charge in [-0.2, -0.15) is 4.57 Å². The third-order valence-corrected chi connectivity index (χ3v) is 4.54. The van der Waals surface area contributed by atoms with Gasteiger partial charge in [0.25, 0.3) is 0 Å². The lowest BCUT2D eigenvalue weighted by molar-refractivity contribution is -0.670. The van der Waals surface area contributed by atoms with Gasteiger partial charge in [-0.15, -0.1) is 0 Å². The maximum atomic E-state index is 6.03. The first-order valence-corrected chi connectivity index (χ1v) is 8.89. The maximum Gasteiger partial charge on any atom is 0.250 e. The zero-order valence-corrected chi connectivity index (χ0v) is 15.7. The van der Waals surface area contributed by atoms with Crippen LogP contribution in [0.1, 0.15) is 18.5 Å². The predicted molar refractivity (Wildman–Crippen MR) is 104 cm³/mol. The summed E-state index contributed by atoms with van der Waals surface area (Å²) in [5.74, 6) is 1.58. The summed E-state index contributed by atoms with van der Waals surface area (Å²) < 4.78 is 3.95. The number of pyridine rings is 1.